The van der Waals surface area contributed by atoms with Gasteiger partial charge in [0.25, 0.3) is 0 Å². The third kappa shape index (κ3) is 6.24. The Bertz CT molecular complexity index is 670. The molecule has 4 heteroatoms. The number of hydrogen-bond acceptors (Lipinski definition) is 4. The molecule has 0 spiro atoms. The molecule has 2 rings (SSSR count). The van der Waals surface area contributed by atoms with Crippen molar-refractivity contribution in [2.45, 2.75) is 12.8 Å². The average Bonchev–Trinajstić information content (AvgIpc) is 2.64. The average molecular weight is 341 g/mol. The topological polar surface area (TPSA) is 38.8 Å². The van der Waals surface area contributed by atoms with Gasteiger partial charge in [-0.15, -0.1) is 0 Å². The Balaban J connectivity index is 1.98. The van der Waals surface area contributed by atoms with Crippen LogP contribution >= 0.6 is 0 Å². The van der Waals surface area contributed by atoms with E-state index in [-0.39, 0.29) is 5.92 Å². The molecule has 1 unspecified atom stereocenters. The number of nitrogens with zero attached hydrogens (tertiary/aromatic N) is 1. The summed E-state index contributed by atoms with van der Waals surface area (Å²) in [5.41, 5.74) is 2.38. The van der Waals surface area contributed by atoms with Crippen molar-refractivity contribution in [3.8, 4) is 11.5 Å². The van der Waals surface area contributed by atoms with E-state index >= 15 is 0 Å². The summed E-state index contributed by atoms with van der Waals surface area (Å²) < 4.78 is 11.2. The highest BCUT2D eigenvalue weighted by molar-refractivity contribution is 5.54. The van der Waals surface area contributed by atoms with Crippen molar-refractivity contribution in [2.75, 3.05) is 34.4 Å². The summed E-state index contributed by atoms with van der Waals surface area (Å²) in [6.07, 6.45) is 2.76. The molecule has 0 aromatic heterocycles. The van der Waals surface area contributed by atoms with E-state index in [2.05, 4.69) is 18.2 Å². The molecule has 0 fully saturated rings. The van der Waals surface area contributed by atoms with E-state index in [1.807, 2.05) is 49.3 Å². The minimum Gasteiger partial charge on any atom is -0.497 e. The lowest BCUT2D eigenvalue weighted by molar-refractivity contribution is -0.112. The van der Waals surface area contributed by atoms with E-state index < -0.39 is 0 Å². The largest absolute Gasteiger partial charge is 0.497 e. The first-order valence-corrected chi connectivity index (χ1v) is 8.56. The molecule has 134 valence electrons. The summed E-state index contributed by atoms with van der Waals surface area (Å²) in [6.45, 7) is 1.09. The van der Waals surface area contributed by atoms with Crippen LogP contribution in [0.5, 0.6) is 11.5 Å². The van der Waals surface area contributed by atoms with Crippen LogP contribution < -0.4 is 9.47 Å². The van der Waals surface area contributed by atoms with Crippen molar-refractivity contribution < 1.29 is 14.3 Å². The molecule has 2 aromatic carbocycles. The molecule has 25 heavy (non-hydrogen) atoms. The standard InChI is InChI=1S/C21H27NO3/c1-22(2)14-18(15-23)16-25-21-10-5-4-8-19(21)12-11-17-7-6-9-20(13-17)24-3/h4-10,13,15,18H,11-12,14,16H2,1-3H3. The number of benzene rings is 2. The van der Waals surface area contributed by atoms with Crippen molar-refractivity contribution in [1.82, 2.24) is 4.90 Å². The fourth-order valence-corrected chi connectivity index (χ4v) is 2.76. The third-order valence-electron chi connectivity index (χ3n) is 4.03. The van der Waals surface area contributed by atoms with Crippen LogP contribution in [0.1, 0.15) is 11.1 Å². The maximum absolute atomic E-state index is 11.2. The summed E-state index contributed by atoms with van der Waals surface area (Å²) in [6, 6.07) is 16.2. The lowest BCUT2D eigenvalue weighted by atomic mass is 10.0. The molecule has 4 nitrogen and oxygen atoms in total. The maximum Gasteiger partial charge on any atom is 0.127 e. The molecule has 0 heterocycles. The van der Waals surface area contributed by atoms with Crippen LogP contribution in [-0.4, -0.2) is 45.5 Å². The zero-order chi connectivity index (χ0) is 18.1. The number of carbonyl (C=O) groups excluding carboxylic acids is 1. The molecule has 0 radical (unpaired) electrons. The second-order valence-corrected chi connectivity index (χ2v) is 6.43. The summed E-state index contributed by atoms with van der Waals surface area (Å²) in [7, 11) is 5.59. The zero-order valence-electron chi connectivity index (χ0n) is 15.3. The van der Waals surface area contributed by atoms with Gasteiger partial charge in [-0.1, -0.05) is 30.3 Å². The van der Waals surface area contributed by atoms with E-state index in [9.17, 15) is 4.79 Å². The quantitative estimate of drug-likeness (QED) is 0.622. The highest BCUT2D eigenvalue weighted by Crippen LogP contribution is 2.22. The third-order valence-corrected chi connectivity index (χ3v) is 4.03. The number of para-hydroxylation sites is 1. The first-order chi connectivity index (χ1) is 12.1. The number of carbonyl (C=O) groups is 1. The van der Waals surface area contributed by atoms with Crippen molar-refractivity contribution in [2.24, 2.45) is 5.92 Å². The van der Waals surface area contributed by atoms with Gasteiger partial charge in [0.05, 0.1) is 19.6 Å². The van der Waals surface area contributed by atoms with Crippen molar-refractivity contribution in [3.63, 3.8) is 0 Å². The van der Waals surface area contributed by atoms with Gasteiger partial charge in [-0.05, 0) is 56.3 Å². The Labute approximate surface area is 150 Å². The monoisotopic (exact) mass is 341 g/mol. The number of rotatable bonds is 10. The molecule has 0 saturated carbocycles. The molecule has 0 aliphatic carbocycles. The highest BCUT2D eigenvalue weighted by atomic mass is 16.5. The van der Waals surface area contributed by atoms with Gasteiger partial charge in [0.2, 0.25) is 0 Å². The molecule has 0 aliphatic rings. The van der Waals surface area contributed by atoms with Gasteiger partial charge >= 0.3 is 0 Å². The second kappa shape index (κ2) is 9.84. The minimum atomic E-state index is -0.124. The smallest absolute Gasteiger partial charge is 0.127 e. The molecule has 0 aliphatic heterocycles. The maximum atomic E-state index is 11.2. The zero-order valence-corrected chi connectivity index (χ0v) is 15.3. The Kier molecular flexibility index (Phi) is 7.48. The van der Waals surface area contributed by atoms with Crippen molar-refractivity contribution in [3.05, 3.63) is 59.7 Å². The summed E-state index contributed by atoms with van der Waals surface area (Å²) in [4.78, 5) is 13.2. The van der Waals surface area contributed by atoms with Gasteiger partial charge in [-0.3, -0.25) is 0 Å². The predicted octanol–water partition coefficient (Wildman–Crippen LogP) is 3.24. The Morgan fingerprint density at radius 2 is 1.88 bits per heavy atom. The number of hydrogen-bond donors (Lipinski definition) is 0. The molecule has 0 N–H and O–H groups in total. The molecular formula is C21H27NO3. The first-order valence-electron chi connectivity index (χ1n) is 8.56. The van der Waals surface area contributed by atoms with E-state index in [1.165, 1.54) is 5.56 Å². The van der Waals surface area contributed by atoms with Crippen LogP contribution in [0, 0.1) is 5.92 Å². The van der Waals surface area contributed by atoms with Gasteiger partial charge in [0, 0.05) is 6.54 Å². The van der Waals surface area contributed by atoms with Crippen LogP contribution in [0.25, 0.3) is 0 Å². The molecule has 0 saturated heterocycles. The number of methoxy groups -OCH3 is 1. The molecule has 2 aromatic rings. The lowest BCUT2D eigenvalue weighted by Gasteiger charge is -2.18. The van der Waals surface area contributed by atoms with Crippen LogP contribution in [0.2, 0.25) is 0 Å². The molecule has 1 atom stereocenters. The number of ether oxygens (including phenoxy) is 2. The Morgan fingerprint density at radius 1 is 1.08 bits per heavy atom. The van der Waals surface area contributed by atoms with E-state index in [0.29, 0.717) is 13.2 Å². The Hall–Kier alpha value is -2.33. The summed E-state index contributed by atoms with van der Waals surface area (Å²) >= 11 is 0. The highest BCUT2D eigenvalue weighted by Gasteiger charge is 2.11. The van der Waals surface area contributed by atoms with Crippen LogP contribution in [0.15, 0.2) is 48.5 Å². The van der Waals surface area contributed by atoms with Gasteiger partial charge in [-0.2, -0.15) is 0 Å². The fraction of sp³-hybridized carbons (Fsp3) is 0.381. The minimum absolute atomic E-state index is 0.124. The first kappa shape index (κ1) is 19.0. The van der Waals surface area contributed by atoms with Gasteiger partial charge in [0.15, 0.2) is 0 Å². The second-order valence-electron chi connectivity index (χ2n) is 6.43. The van der Waals surface area contributed by atoms with Crippen molar-refractivity contribution >= 4 is 6.29 Å². The summed E-state index contributed by atoms with van der Waals surface area (Å²) in [5.74, 6) is 1.61. The normalized spacial score (nSPS) is 12.0. The molecular weight excluding hydrogens is 314 g/mol. The van der Waals surface area contributed by atoms with E-state index in [0.717, 1.165) is 36.2 Å². The fourth-order valence-electron chi connectivity index (χ4n) is 2.76. The number of aryl methyl sites for hydroxylation is 2. The van der Waals surface area contributed by atoms with Crippen LogP contribution in [0.3, 0.4) is 0 Å². The molecule has 0 bridgehead atoms. The SMILES string of the molecule is COc1cccc(CCc2ccccc2OCC(C=O)CN(C)C)c1. The molecule has 0 amide bonds. The van der Waals surface area contributed by atoms with Gasteiger partial charge in [-0.25, -0.2) is 0 Å². The van der Waals surface area contributed by atoms with Gasteiger partial charge in [0.1, 0.15) is 17.8 Å². The van der Waals surface area contributed by atoms with Gasteiger partial charge < -0.3 is 19.2 Å². The lowest BCUT2D eigenvalue weighted by Crippen LogP contribution is -2.27. The Morgan fingerprint density at radius 3 is 2.60 bits per heavy atom. The van der Waals surface area contributed by atoms with Crippen molar-refractivity contribution in [1.29, 1.82) is 0 Å². The number of aldehydes is 1. The summed E-state index contributed by atoms with van der Waals surface area (Å²) in [5, 5.41) is 0. The van der Waals surface area contributed by atoms with Crippen LogP contribution in [0.4, 0.5) is 0 Å². The van der Waals surface area contributed by atoms with E-state index in [4.69, 9.17) is 9.47 Å². The van der Waals surface area contributed by atoms with E-state index in [1.54, 1.807) is 7.11 Å². The van der Waals surface area contributed by atoms with Crippen LogP contribution in [-0.2, 0) is 17.6 Å². The predicted molar refractivity (Wildman–Crippen MR) is 100 cm³/mol.